The molecule has 0 aliphatic carbocycles. The molecule has 1 aliphatic heterocycles. The van der Waals surface area contributed by atoms with Gasteiger partial charge in [0.2, 0.25) is 5.91 Å². The fourth-order valence-electron chi connectivity index (χ4n) is 3.14. The number of fused-ring (bicyclic) bond motifs is 1. The van der Waals surface area contributed by atoms with Gasteiger partial charge >= 0.3 is 0 Å². The molecule has 8 nitrogen and oxygen atoms in total. The van der Waals surface area contributed by atoms with Crippen molar-refractivity contribution in [1.82, 2.24) is 9.62 Å². The van der Waals surface area contributed by atoms with Crippen molar-refractivity contribution in [2.24, 2.45) is 4.99 Å². The number of hydrogen-bond donors (Lipinski definition) is 1. The summed E-state index contributed by atoms with van der Waals surface area (Å²) in [7, 11) is -3.66. The van der Waals surface area contributed by atoms with Crippen LogP contribution in [0.15, 0.2) is 79.8 Å². The molecular formula is C20H19N3O5S. The third kappa shape index (κ3) is 3.95. The molecule has 3 aromatic rings. The molecule has 1 atom stereocenters. The van der Waals surface area contributed by atoms with Crippen LogP contribution < -0.4 is 4.72 Å². The van der Waals surface area contributed by atoms with Gasteiger partial charge in [-0.3, -0.25) is 14.5 Å². The lowest BCUT2D eigenvalue weighted by Crippen LogP contribution is -2.37. The van der Waals surface area contributed by atoms with Crippen molar-refractivity contribution in [3.63, 3.8) is 0 Å². The Kier molecular flexibility index (Phi) is 4.98. The van der Waals surface area contributed by atoms with Crippen molar-refractivity contribution in [2.45, 2.75) is 31.0 Å². The topological polar surface area (TPSA) is 105 Å². The van der Waals surface area contributed by atoms with Gasteiger partial charge in [-0.15, -0.1) is 0 Å². The van der Waals surface area contributed by atoms with Crippen LogP contribution in [0.3, 0.4) is 0 Å². The first-order valence-corrected chi connectivity index (χ1v) is 10.5. The Labute approximate surface area is 167 Å². The number of rotatable bonds is 6. The van der Waals surface area contributed by atoms with Gasteiger partial charge in [-0.05, 0) is 43.3 Å². The lowest BCUT2D eigenvalue weighted by atomic mass is 10.2. The van der Waals surface area contributed by atoms with Crippen LogP contribution >= 0.6 is 0 Å². The third-order valence-electron chi connectivity index (χ3n) is 4.51. The molecule has 3 heterocycles. The van der Waals surface area contributed by atoms with E-state index in [0.29, 0.717) is 17.1 Å². The molecule has 0 radical (unpaired) electrons. The highest BCUT2D eigenvalue weighted by Crippen LogP contribution is 2.23. The van der Waals surface area contributed by atoms with E-state index in [1.165, 1.54) is 6.07 Å². The van der Waals surface area contributed by atoms with Gasteiger partial charge in [0.1, 0.15) is 23.4 Å². The summed E-state index contributed by atoms with van der Waals surface area (Å²) < 4.78 is 37.7. The van der Waals surface area contributed by atoms with Crippen molar-refractivity contribution in [3.05, 3.63) is 78.1 Å². The van der Waals surface area contributed by atoms with Gasteiger partial charge in [-0.25, -0.2) is 8.42 Å². The van der Waals surface area contributed by atoms with E-state index in [9.17, 15) is 13.2 Å². The maximum Gasteiger partial charge on any atom is 0.263 e. The number of amidine groups is 1. The standard InChI is InChI=1S/C20H19N3O5S/c1-14(21-19-17-8-2-3-9-18(17)29(25,26)22-19)20(24)23(12-15-6-4-10-27-15)13-16-7-5-11-28-16/h2-11,14H,12-13H2,1H3,(H,21,22)/t14-/m0/s1. The van der Waals surface area contributed by atoms with Gasteiger partial charge in [0, 0.05) is 5.56 Å². The van der Waals surface area contributed by atoms with Crippen molar-refractivity contribution in [2.75, 3.05) is 0 Å². The highest BCUT2D eigenvalue weighted by atomic mass is 32.2. The summed E-state index contributed by atoms with van der Waals surface area (Å²) in [5.74, 6) is 1.12. The van der Waals surface area contributed by atoms with Crippen LogP contribution in [0.2, 0.25) is 0 Å². The lowest BCUT2D eigenvalue weighted by molar-refractivity contribution is -0.133. The van der Waals surface area contributed by atoms with Crippen LogP contribution in [-0.4, -0.2) is 31.1 Å². The maximum absolute atomic E-state index is 13.1. The molecule has 1 aliphatic rings. The molecule has 2 aromatic heterocycles. The molecule has 0 bridgehead atoms. The highest BCUT2D eigenvalue weighted by molar-refractivity contribution is 7.90. The summed E-state index contributed by atoms with van der Waals surface area (Å²) in [6.45, 7) is 2.11. The predicted molar refractivity (Wildman–Crippen MR) is 104 cm³/mol. The third-order valence-corrected chi connectivity index (χ3v) is 5.91. The van der Waals surface area contributed by atoms with E-state index in [-0.39, 0.29) is 29.7 Å². The number of nitrogens with zero attached hydrogens (tertiary/aromatic N) is 2. The van der Waals surface area contributed by atoms with Crippen molar-refractivity contribution < 1.29 is 22.0 Å². The van der Waals surface area contributed by atoms with Gasteiger partial charge < -0.3 is 13.7 Å². The van der Waals surface area contributed by atoms with Crippen LogP contribution in [-0.2, 0) is 27.9 Å². The average molecular weight is 413 g/mol. The van der Waals surface area contributed by atoms with E-state index >= 15 is 0 Å². The number of nitrogens with one attached hydrogen (secondary N) is 1. The Balaban J connectivity index is 1.59. The zero-order valence-corrected chi connectivity index (χ0v) is 16.4. The number of amides is 1. The first-order chi connectivity index (χ1) is 13.9. The first-order valence-electron chi connectivity index (χ1n) is 8.97. The van der Waals surface area contributed by atoms with Gasteiger partial charge in [0.25, 0.3) is 10.0 Å². The Hall–Kier alpha value is -3.33. The number of benzene rings is 1. The van der Waals surface area contributed by atoms with Gasteiger partial charge in [-0.1, -0.05) is 12.1 Å². The molecule has 1 aromatic carbocycles. The van der Waals surface area contributed by atoms with E-state index in [2.05, 4.69) is 9.71 Å². The molecule has 1 N–H and O–H groups in total. The smallest absolute Gasteiger partial charge is 0.263 e. The van der Waals surface area contributed by atoms with Gasteiger partial charge in [0.15, 0.2) is 0 Å². The second-order valence-electron chi connectivity index (χ2n) is 6.61. The maximum atomic E-state index is 13.1. The number of carbonyl (C=O) groups excluding carboxylic acids is 1. The number of furan rings is 2. The Morgan fingerprint density at radius 2 is 1.66 bits per heavy atom. The van der Waals surface area contributed by atoms with Crippen molar-refractivity contribution in [3.8, 4) is 0 Å². The summed E-state index contributed by atoms with van der Waals surface area (Å²) in [4.78, 5) is 19.2. The zero-order valence-electron chi connectivity index (χ0n) is 15.6. The SMILES string of the molecule is C[C@H](N=C1NS(=O)(=O)c2ccccc21)C(=O)N(Cc1ccco1)Cc1ccco1. The fourth-order valence-corrected chi connectivity index (χ4v) is 4.37. The normalized spacial score (nSPS) is 16.9. The quantitative estimate of drug-likeness (QED) is 0.669. The fraction of sp³-hybridized carbons (Fsp3) is 0.200. The van der Waals surface area contributed by atoms with Crippen LogP contribution in [0, 0.1) is 0 Å². The molecule has 0 saturated carbocycles. The van der Waals surface area contributed by atoms with Crippen molar-refractivity contribution >= 4 is 21.8 Å². The van der Waals surface area contributed by atoms with Crippen molar-refractivity contribution in [1.29, 1.82) is 0 Å². The minimum absolute atomic E-state index is 0.154. The summed E-state index contributed by atoms with van der Waals surface area (Å²) in [6, 6.07) is 12.8. The Morgan fingerprint density at radius 1 is 1.03 bits per heavy atom. The molecule has 150 valence electrons. The largest absolute Gasteiger partial charge is 0.467 e. The van der Waals surface area contributed by atoms with E-state index in [0.717, 1.165) is 0 Å². The number of carbonyl (C=O) groups is 1. The second-order valence-corrected chi connectivity index (χ2v) is 8.26. The summed E-state index contributed by atoms with van der Waals surface area (Å²) in [5.41, 5.74) is 0.454. The molecular weight excluding hydrogens is 394 g/mol. The summed E-state index contributed by atoms with van der Waals surface area (Å²) >= 11 is 0. The Morgan fingerprint density at radius 3 is 2.24 bits per heavy atom. The summed E-state index contributed by atoms with van der Waals surface area (Å²) in [6.07, 6.45) is 3.08. The number of aliphatic imine (C=N–C) groups is 1. The minimum Gasteiger partial charge on any atom is -0.467 e. The van der Waals surface area contributed by atoms with E-state index in [1.54, 1.807) is 66.8 Å². The molecule has 0 saturated heterocycles. The zero-order chi connectivity index (χ0) is 20.4. The average Bonchev–Trinajstić information content (AvgIpc) is 3.44. The van der Waals surface area contributed by atoms with Crippen LogP contribution in [0.4, 0.5) is 0 Å². The predicted octanol–water partition coefficient (Wildman–Crippen LogP) is 2.53. The van der Waals surface area contributed by atoms with Crippen LogP contribution in [0.1, 0.15) is 24.0 Å². The van der Waals surface area contributed by atoms with E-state index < -0.39 is 16.1 Å². The lowest BCUT2D eigenvalue weighted by Gasteiger charge is -2.23. The van der Waals surface area contributed by atoms with Gasteiger partial charge in [-0.2, -0.15) is 0 Å². The van der Waals surface area contributed by atoms with Gasteiger partial charge in [0.05, 0.1) is 30.5 Å². The molecule has 4 rings (SSSR count). The van der Waals surface area contributed by atoms with E-state index in [4.69, 9.17) is 8.83 Å². The first kappa shape index (κ1) is 19.0. The molecule has 0 unspecified atom stereocenters. The minimum atomic E-state index is -3.66. The van der Waals surface area contributed by atoms with E-state index in [1.807, 2.05) is 0 Å². The number of sulfonamides is 1. The second kappa shape index (κ2) is 7.59. The molecule has 0 fully saturated rings. The summed E-state index contributed by atoms with van der Waals surface area (Å²) in [5, 5.41) is 0. The molecule has 1 amide bonds. The van der Waals surface area contributed by atoms with Crippen LogP contribution in [0.5, 0.6) is 0 Å². The highest BCUT2D eigenvalue weighted by Gasteiger charge is 2.32. The Bertz CT molecular complexity index is 1100. The molecule has 9 heteroatoms. The molecule has 0 spiro atoms. The monoisotopic (exact) mass is 413 g/mol. The molecule has 29 heavy (non-hydrogen) atoms. The number of hydrogen-bond acceptors (Lipinski definition) is 6. The van der Waals surface area contributed by atoms with Crippen LogP contribution in [0.25, 0.3) is 0 Å².